The number of aromatic carboxylic acids is 2. The maximum Gasteiger partial charge on any atom is 0.340 e. The van der Waals surface area contributed by atoms with Crippen LogP contribution < -0.4 is 9.47 Å². The molecule has 0 unspecified atom stereocenters. The Morgan fingerprint density at radius 2 is 1.48 bits per heavy atom. The van der Waals surface area contributed by atoms with Gasteiger partial charge in [0.25, 0.3) is 0 Å². The van der Waals surface area contributed by atoms with E-state index in [2.05, 4.69) is 6.92 Å². The maximum absolute atomic E-state index is 12.0. The van der Waals surface area contributed by atoms with Gasteiger partial charge in [0, 0.05) is 10.8 Å². The summed E-state index contributed by atoms with van der Waals surface area (Å²) in [5, 5.41) is 20.5. The van der Waals surface area contributed by atoms with Crippen molar-refractivity contribution in [1.82, 2.24) is 0 Å². The molecule has 0 amide bonds. The van der Waals surface area contributed by atoms with Gasteiger partial charge >= 0.3 is 11.9 Å². The Balaban J connectivity index is 2.67. The average Bonchev–Trinajstić information content (AvgIpc) is 2.61. The summed E-state index contributed by atoms with van der Waals surface area (Å²) in [4.78, 5) is 23.9. The third-order valence-corrected chi connectivity index (χ3v) is 4.15. The molecule has 0 saturated carbocycles. The van der Waals surface area contributed by atoms with Crippen molar-refractivity contribution in [3.05, 3.63) is 35.4 Å². The van der Waals surface area contributed by atoms with Crippen molar-refractivity contribution >= 4 is 22.7 Å². The highest BCUT2D eigenvalue weighted by Crippen LogP contribution is 2.41. The maximum atomic E-state index is 12.0. The lowest BCUT2D eigenvalue weighted by Crippen LogP contribution is -2.17. The Bertz CT molecular complexity index is 825. The van der Waals surface area contributed by atoms with Gasteiger partial charge in [-0.2, -0.15) is 0 Å². The van der Waals surface area contributed by atoms with Gasteiger partial charge in [-0.3, -0.25) is 0 Å². The minimum atomic E-state index is -1.36. The van der Waals surface area contributed by atoms with Crippen LogP contribution in [-0.4, -0.2) is 34.9 Å². The van der Waals surface area contributed by atoms with Crippen molar-refractivity contribution in [2.45, 2.75) is 52.6 Å². The van der Waals surface area contributed by atoms with Crippen molar-refractivity contribution in [3.63, 3.8) is 0 Å². The molecular formula is C21H26O6. The van der Waals surface area contributed by atoms with E-state index in [0.29, 0.717) is 17.4 Å². The number of hydrogen-bond acceptors (Lipinski definition) is 4. The molecule has 0 aliphatic carbocycles. The van der Waals surface area contributed by atoms with E-state index in [-0.39, 0.29) is 28.7 Å². The third-order valence-electron chi connectivity index (χ3n) is 4.15. The van der Waals surface area contributed by atoms with Crippen LogP contribution in [0.3, 0.4) is 0 Å². The first-order chi connectivity index (χ1) is 12.9. The fourth-order valence-electron chi connectivity index (χ4n) is 2.99. The normalized spacial score (nSPS) is 11.0. The van der Waals surface area contributed by atoms with Crippen molar-refractivity contribution < 1.29 is 29.3 Å². The molecule has 2 aromatic carbocycles. The number of hydrogen-bond donors (Lipinski definition) is 2. The smallest absolute Gasteiger partial charge is 0.340 e. The molecule has 0 atom stereocenters. The van der Waals surface area contributed by atoms with E-state index in [1.54, 1.807) is 38.1 Å². The van der Waals surface area contributed by atoms with Gasteiger partial charge in [-0.15, -0.1) is 0 Å². The van der Waals surface area contributed by atoms with Crippen LogP contribution in [0.15, 0.2) is 24.3 Å². The molecule has 0 heterocycles. The van der Waals surface area contributed by atoms with Gasteiger partial charge in [0.15, 0.2) is 0 Å². The number of carboxylic acids is 2. The monoisotopic (exact) mass is 374 g/mol. The van der Waals surface area contributed by atoms with Crippen molar-refractivity contribution in [1.29, 1.82) is 0 Å². The van der Waals surface area contributed by atoms with Crippen LogP contribution in [0.25, 0.3) is 10.8 Å². The first-order valence-corrected chi connectivity index (χ1v) is 9.23. The molecule has 0 radical (unpaired) electrons. The second-order valence-electron chi connectivity index (χ2n) is 6.64. The molecule has 2 N–H and O–H groups in total. The molecule has 6 heteroatoms. The summed E-state index contributed by atoms with van der Waals surface area (Å²) in [7, 11) is 0. The van der Waals surface area contributed by atoms with Gasteiger partial charge in [0.05, 0.1) is 12.7 Å². The van der Waals surface area contributed by atoms with E-state index in [9.17, 15) is 19.8 Å². The van der Waals surface area contributed by atoms with Crippen molar-refractivity contribution in [2.24, 2.45) is 0 Å². The van der Waals surface area contributed by atoms with E-state index in [4.69, 9.17) is 9.47 Å². The highest BCUT2D eigenvalue weighted by molar-refractivity contribution is 6.13. The molecule has 27 heavy (non-hydrogen) atoms. The van der Waals surface area contributed by atoms with Gasteiger partial charge in [0.2, 0.25) is 0 Å². The Hall–Kier alpha value is -2.76. The molecule has 0 saturated heterocycles. The number of carbonyl (C=O) groups is 2. The molecule has 0 bridgehead atoms. The fraction of sp³-hybridized carbons (Fsp3) is 0.429. The predicted octanol–water partition coefficient (Wildman–Crippen LogP) is 4.98. The van der Waals surface area contributed by atoms with Gasteiger partial charge in [-0.25, -0.2) is 9.59 Å². The van der Waals surface area contributed by atoms with E-state index in [1.807, 2.05) is 0 Å². The zero-order valence-corrected chi connectivity index (χ0v) is 15.9. The van der Waals surface area contributed by atoms with Gasteiger partial charge in [-0.05, 0) is 20.3 Å². The van der Waals surface area contributed by atoms with Crippen LogP contribution in [0.2, 0.25) is 0 Å². The lowest BCUT2D eigenvalue weighted by molar-refractivity contribution is 0.0642. The number of unbranched alkanes of at least 4 members (excludes halogenated alkanes) is 3. The summed E-state index contributed by atoms with van der Waals surface area (Å²) >= 11 is 0. The first-order valence-electron chi connectivity index (χ1n) is 9.23. The number of rotatable bonds is 10. The topological polar surface area (TPSA) is 93.1 Å². The lowest BCUT2D eigenvalue weighted by Gasteiger charge is -2.20. The summed E-state index contributed by atoms with van der Waals surface area (Å²) in [6.07, 6.45) is 3.57. The van der Waals surface area contributed by atoms with E-state index in [1.165, 1.54) is 0 Å². The Labute approximate surface area is 158 Å². The predicted molar refractivity (Wildman–Crippen MR) is 103 cm³/mol. The van der Waals surface area contributed by atoms with E-state index in [0.717, 1.165) is 25.7 Å². The SMILES string of the molecule is CCCCCCOc1c(C(=O)O)c(C(=O)O)c(OC(C)C)c2ccccc12. The average molecular weight is 374 g/mol. The van der Waals surface area contributed by atoms with Crippen LogP contribution in [0.5, 0.6) is 11.5 Å². The van der Waals surface area contributed by atoms with Crippen molar-refractivity contribution in [3.8, 4) is 11.5 Å². The molecule has 2 aromatic rings. The molecular weight excluding hydrogens is 348 g/mol. The minimum absolute atomic E-state index is 0.0591. The quantitative estimate of drug-likeness (QED) is 0.570. The Morgan fingerprint density at radius 3 is 2.00 bits per heavy atom. The molecule has 0 aromatic heterocycles. The summed E-state index contributed by atoms with van der Waals surface area (Å²) < 4.78 is 11.5. The largest absolute Gasteiger partial charge is 0.492 e. The second kappa shape index (κ2) is 9.26. The van der Waals surface area contributed by atoms with Crippen molar-refractivity contribution in [2.75, 3.05) is 6.61 Å². The van der Waals surface area contributed by atoms with E-state index >= 15 is 0 Å². The highest BCUT2D eigenvalue weighted by atomic mass is 16.5. The highest BCUT2D eigenvalue weighted by Gasteiger charge is 2.30. The Kier molecular flexibility index (Phi) is 7.05. The molecule has 0 spiro atoms. The second-order valence-corrected chi connectivity index (χ2v) is 6.64. The number of carboxylic acid groups (broad SMARTS) is 2. The van der Waals surface area contributed by atoms with Crippen LogP contribution in [-0.2, 0) is 0 Å². The zero-order valence-electron chi connectivity index (χ0n) is 15.9. The van der Waals surface area contributed by atoms with Crippen LogP contribution in [0.4, 0.5) is 0 Å². The first kappa shape index (κ1) is 20.6. The third kappa shape index (κ3) is 4.70. The summed E-state index contributed by atoms with van der Waals surface area (Å²) in [6.45, 7) is 5.95. The standard InChI is InChI=1S/C21H26O6/c1-4-5-6-9-12-26-18-14-10-7-8-11-15(14)19(27-13(2)3)17(21(24)25)16(18)20(22)23/h7-8,10-11,13H,4-6,9,12H2,1-3H3,(H,22,23)(H,24,25). The number of ether oxygens (including phenoxy) is 2. The molecule has 6 nitrogen and oxygen atoms in total. The lowest BCUT2D eigenvalue weighted by atomic mass is 9.97. The number of benzene rings is 2. The van der Waals surface area contributed by atoms with Gasteiger partial charge in [0.1, 0.15) is 22.6 Å². The van der Waals surface area contributed by atoms with Gasteiger partial charge in [-0.1, -0.05) is 50.5 Å². The fourth-order valence-corrected chi connectivity index (χ4v) is 2.99. The molecule has 2 rings (SSSR count). The molecule has 0 fully saturated rings. The minimum Gasteiger partial charge on any atom is -0.492 e. The van der Waals surface area contributed by atoms with Gasteiger partial charge < -0.3 is 19.7 Å². The van der Waals surface area contributed by atoms with Crippen LogP contribution in [0, 0.1) is 0 Å². The van der Waals surface area contributed by atoms with E-state index < -0.39 is 11.9 Å². The van der Waals surface area contributed by atoms with Crippen LogP contribution >= 0.6 is 0 Å². The molecule has 146 valence electrons. The zero-order chi connectivity index (χ0) is 20.0. The Morgan fingerprint density at radius 1 is 0.926 bits per heavy atom. The summed E-state index contributed by atoms with van der Waals surface area (Å²) in [5.41, 5.74) is -0.745. The van der Waals surface area contributed by atoms with Crippen LogP contribution in [0.1, 0.15) is 67.2 Å². The summed E-state index contributed by atoms with van der Waals surface area (Å²) in [6, 6.07) is 6.96. The molecule has 0 aliphatic rings. The number of fused-ring (bicyclic) bond motifs is 1. The molecule has 0 aliphatic heterocycles. The summed E-state index contributed by atoms with van der Waals surface area (Å²) in [5.74, 6) is -2.56.